The second kappa shape index (κ2) is 6.32. The molecule has 0 aromatic carbocycles. The molecule has 1 aliphatic rings. The lowest BCUT2D eigenvalue weighted by Crippen LogP contribution is -2.46. The molecular weight excluding hydrogens is 246 g/mol. The van der Waals surface area contributed by atoms with Crippen molar-refractivity contribution in [2.45, 2.75) is 43.9 Å². The molecule has 0 aliphatic carbocycles. The van der Waals surface area contributed by atoms with E-state index in [2.05, 4.69) is 4.72 Å². The van der Waals surface area contributed by atoms with Gasteiger partial charge in [-0.3, -0.25) is 4.79 Å². The summed E-state index contributed by atoms with van der Waals surface area (Å²) in [5.41, 5.74) is 0. The summed E-state index contributed by atoms with van der Waals surface area (Å²) < 4.78 is 31.3. The van der Waals surface area contributed by atoms with Crippen molar-refractivity contribution in [3.8, 4) is 0 Å². The molecule has 1 atom stereocenters. The fourth-order valence-corrected chi connectivity index (χ4v) is 3.42. The number of carbonyl (C=O) groups is 1. The molecule has 0 bridgehead atoms. The zero-order chi connectivity index (χ0) is 12.9. The molecule has 0 amide bonds. The van der Waals surface area contributed by atoms with E-state index in [4.69, 9.17) is 9.84 Å². The lowest BCUT2D eigenvalue weighted by Gasteiger charge is -2.24. The largest absolute Gasteiger partial charge is 0.480 e. The van der Waals surface area contributed by atoms with Crippen LogP contribution in [0.2, 0.25) is 0 Å². The number of aliphatic carboxylic acids is 1. The molecule has 0 spiro atoms. The quantitative estimate of drug-likeness (QED) is 0.722. The van der Waals surface area contributed by atoms with Gasteiger partial charge in [-0.05, 0) is 19.3 Å². The molecule has 1 aliphatic heterocycles. The molecule has 0 saturated carbocycles. The second-order valence-corrected chi connectivity index (χ2v) is 6.15. The summed E-state index contributed by atoms with van der Waals surface area (Å²) in [5.74, 6) is -1.12. The van der Waals surface area contributed by atoms with Crippen LogP contribution in [-0.2, 0) is 19.6 Å². The molecule has 1 rings (SSSR count). The van der Waals surface area contributed by atoms with Crippen molar-refractivity contribution in [2.24, 2.45) is 0 Å². The Morgan fingerprint density at radius 2 is 2.06 bits per heavy atom. The van der Waals surface area contributed by atoms with E-state index in [0.29, 0.717) is 38.9 Å². The van der Waals surface area contributed by atoms with E-state index in [1.165, 1.54) is 0 Å². The SMILES string of the molecule is CCCC(NS(=O)(=O)C1CCOCC1)C(=O)O. The van der Waals surface area contributed by atoms with Crippen LogP contribution in [-0.4, -0.2) is 44.0 Å². The van der Waals surface area contributed by atoms with Crippen LogP contribution in [0.5, 0.6) is 0 Å². The minimum absolute atomic E-state index is 0.303. The number of carboxylic acid groups (broad SMARTS) is 1. The van der Waals surface area contributed by atoms with Gasteiger partial charge in [-0.1, -0.05) is 13.3 Å². The van der Waals surface area contributed by atoms with E-state index in [1.807, 2.05) is 6.92 Å². The fraction of sp³-hybridized carbons (Fsp3) is 0.900. The summed E-state index contributed by atoms with van der Waals surface area (Å²) in [7, 11) is -3.56. The Morgan fingerprint density at radius 3 is 2.53 bits per heavy atom. The number of sulfonamides is 1. The van der Waals surface area contributed by atoms with Crippen LogP contribution < -0.4 is 4.72 Å². The number of nitrogens with one attached hydrogen (secondary N) is 1. The van der Waals surface area contributed by atoms with E-state index < -0.39 is 27.3 Å². The first-order valence-corrected chi connectivity index (χ1v) is 7.33. The predicted octanol–water partition coefficient (Wildman–Crippen LogP) is 0.338. The van der Waals surface area contributed by atoms with Crippen LogP contribution in [0.25, 0.3) is 0 Å². The molecule has 17 heavy (non-hydrogen) atoms. The molecule has 1 fully saturated rings. The molecule has 7 heteroatoms. The molecule has 1 heterocycles. The summed E-state index contributed by atoms with van der Waals surface area (Å²) in [6.07, 6.45) is 1.77. The van der Waals surface area contributed by atoms with Gasteiger partial charge in [0.15, 0.2) is 0 Å². The number of rotatable bonds is 6. The lowest BCUT2D eigenvalue weighted by molar-refractivity contribution is -0.139. The van der Waals surface area contributed by atoms with Crippen molar-refractivity contribution in [2.75, 3.05) is 13.2 Å². The van der Waals surface area contributed by atoms with E-state index in [1.54, 1.807) is 0 Å². The van der Waals surface area contributed by atoms with E-state index in [9.17, 15) is 13.2 Å². The average Bonchev–Trinajstić information content (AvgIpc) is 2.29. The normalized spacial score (nSPS) is 20.1. The summed E-state index contributed by atoms with van der Waals surface area (Å²) in [5, 5.41) is 8.38. The Hall–Kier alpha value is -0.660. The monoisotopic (exact) mass is 265 g/mol. The van der Waals surface area contributed by atoms with Gasteiger partial charge in [0.25, 0.3) is 0 Å². The van der Waals surface area contributed by atoms with Crippen LogP contribution in [0.3, 0.4) is 0 Å². The first-order chi connectivity index (χ1) is 7.97. The Kier molecular flexibility index (Phi) is 5.35. The first-order valence-electron chi connectivity index (χ1n) is 5.79. The number of hydrogen-bond acceptors (Lipinski definition) is 4. The highest BCUT2D eigenvalue weighted by atomic mass is 32.2. The maximum absolute atomic E-state index is 11.9. The third kappa shape index (κ3) is 4.25. The molecule has 2 N–H and O–H groups in total. The van der Waals surface area contributed by atoms with E-state index >= 15 is 0 Å². The summed E-state index contributed by atoms with van der Waals surface area (Å²) in [6.45, 7) is 2.65. The van der Waals surface area contributed by atoms with Crippen LogP contribution in [0.15, 0.2) is 0 Å². The summed E-state index contributed by atoms with van der Waals surface area (Å²) in [6, 6.07) is -1.02. The zero-order valence-corrected chi connectivity index (χ0v) is 10.7. The molecule has 1 unspecified atom stereocenters. The highest BCUT2D eigenvalue weighted by Crippen LogP contribution is 2.15. The molecule has 0 aromatic heterocycles. The van der Waals surface area contributed by atoms with E-state index in [-0.39, 0.29) is 0 Å². The number of carboxylic acids is 1. The van der Waals surface area contributed by atoms with Crippen LogP contribution in [0.1, 0.15) is 32.6 Å². The number of ether oxygens (including phenoxy) is 1. The van der Waals surface area contributed by atoms with Crippen LogP contribution >= 0.6 is 0 Å². The average molecular weight is 265 g/mol. The van der Waals surface area contributed by atoms with Gasteiger partial charge in [0.1, 0.15) is 6.04 Å². The minimum atomic E-state index is -3.56. The van der Waals surface area contributed by atoms with Crippen LogP contribution in [0, 0.1) is 0 Å². The first kappa shape index (κ1) is 14.4. The molecule has 6 nitrogen and oxygen atoms in total. The highest BCUT2D eigenvalue weighted by molar-refractivity contribution is 7.90. The van der Waals surface area contributed by atoms with Crippen molar-refractivity contribution >= 4 is 16.0 Å². The second-order valence-electron chi connectivity index (χ2n) is 4.15. The Balaban J connectivity index is 2.65. The summed E-state index contributed by atoms with van der Waals surface area (Å²) >= 11 is 0. The summed E-state index contributed by atoms with van der Waals surface area (Å²) in [4.78, 5) is 10.9. The van der Waals surface area contributed by atoms with Crippen molar-refractivity contribution in [1.29, 1.82) is 0 Å². The Morgan fingerprint density at radius 1 is 1.47 bits per heavy atom. The Labute approximate surface area is 101 Å². The zero-order valence-electron chi connectivity index (χ0n) is 9.89. The van der Waals surface area contributed by atoms with E-state index in [0.717, 1.165) is 0 Å². The standard InChI is InChI=1S/C10H19NO5S/c1-2-3-9(10(12)13)11-17(14,15)8-4-6-16-7-5-8/h8-9,11H,2-7H2,1H3,(H,12,13). The van der Waals surface area contributed by atoms with Crippen molar-refractivity contribution in [3.63, 3.8) is 0 Å². The third-order valence-electron chi connectivity index (χ3n) is 2.79. The smallest absolute Gasteiger partial charge is 0.321 e. The molecular formula is C10H19NO5S. The van der Waals surface area contributed by atoms with Gasteiger partial charge in [0, 0.05) is 13.2 Å². The van der Waals surface area contributed by atoms with Crippen molar-refractivity contribution < 1.29 is 23.1 Å². The maximum Gasteiger partial charge on any atom is 0.321 e. The van der Waals surface area contributed by atoms with Gasteiger partial charge in [-0.2, -0.15) is 0 Å². The lowest BCUT2D eigenvalue weighted by atomic mass is 10.2. The van der Waals surface area contributed by atoms with Crippen molar-refractivity contribution in [3.05, 3.63) is 0 Å². The van der Waals surface area contributed by atoms with Gasteiger partial charge in [0.05, 0.1) is 5.25 Å². The molecule has 0 aromatic rings. The molecule has 1 saturated heterocycles. The van der Waals surface area contributed by atoms with Crippen molar-refractivity contribution in [1.82, 2.24) is 4.72 Å². The molecule has 0 radical (unpaired) electrons. The maximum atomic E-state index is 11.9. The van der Waals surface area contributed by atoms with Gasteiger partial charge in [0.2, 0.25) is 10.0 Å². The van der Waals surface area contributed by atoms with Gasteiger partial charge < -0.3 is 9.84 Å². The predicted molar refractivity (Wildman–Crippen MR) is 62.2 cm³/mol. The highest BCUT2D eigenvalue weighted by Gasteiger charge is 2.31. The van der Waals surface area contributed by atoms with Gasteiger partial charge in [-0.25, -0.2) is 13.1 Å². The minimum Gasteiger partial charge on any atom is -0.480 e. The molecule has 100 valence electrons. The Bertz CT molecular complexity index is 348. The van der Waals surface area contributed by atoms with Gasteiger partial charge >= 0.3 is 5.97 Å². The van der Waals surface area contributed by atoms with Gasteiger partial charge in [-0.15, -0.1) is 0 Å². The topological polar surface area (TPSA) is 92.7 Å². The number of hydrogen-bond donors (Lipinski definition) is 2. The van der Waals surface area contributed by atoms with Crippen LogP contribution in [0.4, 0.5) is 0 Å². The third-order valence-corrected chi connectivity index (χ3v) is 4.75. The fourth-order valence-electron chi connectivity index (χ4n) is 1.80.